The Balaban J connectivity index is 2.22. The van der Waals surface area contributed by atoms with E-state index < -0.39 is 11.9 Å². The molecule has 0 aliphatic rings. The monoisotopic (exact) mass is 325 g/mol. The molecule has 0 unspecified atom stereocenters. The van der Waals surface area contributed by atoms with Gasteiger partial charge in [0.1, 0.15) is 5.82 Å². The van der Waals surface area contributed by atoms with Crippen LogP contribution in [-0.2, 0) is 6.18 Å². The Bertz CT molecular complexity index is 629. The van der Waals surface area contributed by atoms with Crippen molar-refractivity contribution in [1.29, 1.82) is 0 Å². The molecule has 0 spiro atoms. The zero-order valence-corrected chi connectivity index (χ0v) is 12.9. The molecular formula is C15H18F3N5. The number of nitrogens with zero attached hydrogens (tertiary/aromatic N) is 3. The average molecular weight is 325 g/mol. The number of likely N-dealkylation sites (N-methyl/N-ethyl adjacent to an activating group) is 1. The van der Waals surface area contributed by atoms with Crippen LogP contribution in [0.25, 0.3) is 0 Å². The van der Waals surface area contributed by atoms with Gasteiger partial charge in [0.25, 0.3) is 0 Å². The van der Waals surface area contributed by atoms with Crippen LogP contribution in [0, 0.1) is 0 Å². The van der Waals surface area contributed by atoms with E-state index >= 15 is 0 Å². The van der Waals surface area contributed by atoms with Gasteiger partial charge in [-0.15, -0.1) is 0 Å². The Morgan fingerprint density at radius 2 is 1.78 bits per heavy atom. The molecule has 1 heterocycles. The molecule has 0 radical (unpaired) electrons. The van der Waals surface area contributed by atoms with Gasteiger partial charge in [-0.2, -0.15) is 18.2 Å². The zero-order valence-electron chi connectivity index (χ0n) is 12.9. The average Bonchev–Trinajstić information content (AvgIpc) is 2.47. The summed E-state index contributed by atoms with van der Waals surface area (Å²) >= 11 is 0. The number of halogens is 3. The molecular weight excluding hydrogens is 307 g/mol. The van der Waals surface area contributed by atoms with Gasteiger partial charge in [-0.3, -0.25) is 0 Å². The number of nitrogens with one attached hydrogen (secondary N) is 2. The summed E-state index contributed by atoms with van der Waals surface area (Å²) in [5, 5.41) is 5.67. The lowest BCUT2D eigenvalue weighted by molar-refractivity contribution is -0.141. The fraction of sp³-hybridized carbons (Fsp3) is 0.333. The first-order valence-electron chi connectivity index (χ1n) is 7.01. The maximum Gasteiger partial charge on any atom is 0.433 e. The van der Waals surface area contributed by atoms with Gasteiger partial charge in [0.2, 0.25) is 5.95 Å². The second-order valence-electron chi connectivity index (χ2n) is 5.18. The Morgan fingerprint density at radius 3 is 2.39 bits per heavy atom. The molecule has 1 aromatic carbocycles. The Hall–Kier alpha value is -2.35. The van der Waals surface area contributed by atoms with E-state index in [0.29, 0.717) is 18.8 Å². The van der Waals surface area contributed by atoms with Crippen LogP contribution in [0.3, 0.4) is 0 Å². The van der Waals surface area contributed by atoms with Crippen molar-refractivity contribution in [3.63, 3.8) is 0 Å². The summed E-state index contributed by atoms with van der Waals surface area (Å²) in [5.74, 6) is 0.0333. The van der Waals surface area contributed by atoms with Crippen LogP contribution in [0.4, 0.5) is 30.6 Å². The zero-order chi connectivity index (χ0) is 16.9. The highest BCUT2D eigenvalue weighted by Gasteiger charge is 2.33. The summed E-state index contributed by atoms with van der Waals surface area (Å²) in [6.07, 6.45) is -4.53. The number of rotatable bonds is 6. The summed E-state index contributed by atoms with van der Waals surface area (Å²) in [6.45, 7) is 1.10. The molecule has 0 amide bonds. The van der Waals surface area contributed by atoms with Crippen molar-refractivity contribution in [1.82, 2.24) is 14.9 Å². The Kier molecular flexibility index (Phi) is 5.38. The number of hydrogen-bond donors (Lipinski definition) is 2. The molecule has 2 rings (SSSR count). The normalized spacial score (nSPS) is 11.6. The predicted molar refractivity (Wildman–Crippen MR) is 83.8 cm³/mol. The fourth-order valence-corrected chi connectivity index (χ4v) is 1.80. The SMILES string of the molecule is CN(C)CCNc1nc(Nc2ccccc2)cc(C(F)(F)F)n1. The van der Waals surface area contributed by atoms with Crippen molar-refractivity contribution in [2.75, 3.05) is 37.8 Å². The van der Waals surface area contributed by atoms with E-state index in [9.17, 15) is 13.2 Å². The summed E-state index contributed by atoms with van der Waals surface area (Å²) in [4.78, 5) is 9.53. The molecule has 0 saturated carbocycles. The molecule has 2 N–H and O–H groups in total. The van der Waals surface area contributed by atoms with E-state index in [4.69, 9.17) is 0 Å². The quantitative estimate of drug-likeness (QED) is 0.854. The van der Waals surface area contributed by atoms with Gasteiger partial charge in [-0.05, 0) is 26.2 Å². The third-order valence-electron chi connectivity index (χ3n) is 2.90. The van der Waals surface area contributed by atoms with Crippen molar-refractivity contribution in [2.45, 2.75) is 6.18 Å². The van der Waals surface area contributed by atoms with Gasteiger partial charge < -0.3 is 15.5 Å². The fourth-order valence-electron chi connectivity index (χ4n) is 1.80. The van der Waals surface area contributed by atoms with Gasteiger partial charge in [-0.1, -0.05) is 18.2 Å². The first-order valence-corrected chi connectivity index (χ1v) is 7.01. The first kappa shape index (κ1) is 17.0. The smallest absolute Gasteiger partial charge is 0.353 e. The topological polar surface area (TPSA) is 53.1 Å². The van der Waals surface area contributed by atoms with Crippen LogP contribution < -0.4 is 10.6 Å². The van der Waals surface area contributed by atoms with Gasteiger partial charge >= 0.3 is 6.18 Å². The largest absolute Gasteiger partial charge is 0.433 e. The minimum Gasteiger partial charge on any atom is -0.353 e. The number of aromatic nitrogens is 2. The van der Waals surface area contributed by atoms with Gasteiger partial charge in [0, 0.05) is 24.8 Å². The van der Waals surface area contributed by atoms with Crippen molar-refractivity contribution >= 4 is 17.5 Å². The van der Waals surface area contributed by atoms with Gasteiger partial charge in [0.15, 0.2) is 5.69 Å². The standard InChI is InChI=1S/C15H18F3N5/c1-23(2)9-8-19-14-21-12(15(16,17)18)10-13(22-14)20-11-6-4-3-5-7-11/h3-7,10H,8-9H2,1-2H3,(H2,19,20,21,22). The first-order chi connectivity index (χ1) is 10.8. The highest BCUT2D eigenvalue weighted by molar-refractivity contribution is 5.57. The second-order valence-corrected chi connectivity index (χ2v) is 5.18. The number of para-hydroxylation sites is 1. The van der Waals surface area contributed by atoms with E-state index in [1.807, 2.05) is 25.1 Å². The van der Waals surface area contributed by atoms with Crippen LogP contribution in [-0.4, -0.2) is 42.1 Å². The summed E-state index contributed by atoms with van der Waals surface area (Å²) < 4.78 is 38.9. The van der Waals surface area contributed by atoms with Crippen LogP contribution in [0.2, 0.25) is 0 Å². The van der Waals surface area contributed by atoms with E-state index in [2.05, 4.69) is 20.6 Å². The van der Waals surface area contributed by atoms with E-state index in [0.717, 1.165) is 6.07 Å². The molecule has 0 aliphatic heterocycles. The summed E-state index contributed by atoms with van der Waals surface area (Å²) in [7, 11) is 3.74. The van der Waals surface area contributed by atoms with Gasteiger partial charge in [0.05, 0.1) is 0 Å². The molecule has 0 bridgehead atoms. The van der Waals surface area contributed by atoms with Crippen molar-refractivity contribution in [2.24, 2.45) is 0 Å². The van der Waals surface area contributed by atoms with Crippen molar-refractivity contribution < 1.29 is 13.2 Å². The van der Waals surface area contributed by atoms with Crippen LogP contribution in [0.15, 0.2) is 36.4 Å². The van der Waals surface area contributed by atoms with Crippen molar-refractivity contribution in [3.05, 3.63) is 42.1 Å². The third-order valence-corrected chi connectivity index (χ3v) is 2.90. The molecule has 124 valence electrons. The number of alkyl halides is 3. The van der Waals surface area contributed by atoms with Crippen LogP contribution in [0.5, 0.6) is 0 Å². The van der Waals surface area contributed by atoms with Crippen LogP contribution in [0.1, 0.15) is 5.69 Å². The predicted octanol–water partition coefficient (Wildman–Crippen LogP) is 3.21. The number of anilines is 3. The van der Waals surface area contributed by atoms with Crippen LogP contribution >= 0.6 is 0 Å². The lowest BCUT2D eigenvalue weighted by Gasteiger charge is -2.14. The minimum absolute atomic E-state index is 0.0555. The molecule has 0 fully saturated rings. The minimum atomic E-state index is -4.53. The molecule has 0 atom stereocenters. The van der Waals surface area contributed by atoms with Crippen molar-refractivity contribution in [3.8, 4) is 0 Å². The molecule has 23 heavy (non-hydrogen) atoms. The second kappa shape index (κ2) is 7.28. The molecule has 2 aromatic rings. The summed E-state index contributed by atoms with van der Waals surface area (Å²) in [6, 6.07) is 9.77. The third kappa shape index (κ3) is 5.41. The molecule has 1 aromatic heterocycles. The highest BCUT2D eigenvalue weighted by Crippen LogP contribution is 2.30. The van der Waals surface area contributed by atoms with E-state index in [1.54, 1.807) is 24.3 Å². The number of benzene rings is 1. The van der Waals surface area contributed by atoms with E-state index in [-0.39, 0.29) is 11.8 Å². The Morgan fingerprint density at radius 1 is 1.09 bits per heavy atom. The molecule has 0 saturated heterocycles. The lowest BCUT2D eigenvalue weighted by atomic mass is 10.3. The maximum atomic E-state index is 13.0. The lowest BCUT2D eigenvalue weighted by Crippen LogP contribution is -2.22. The maximum absolute atomic E-state index is 13.0. The Labute approximate surface area is 132 Å². The molecule has 5 nitrogen and oxygen atoms in total. The highest BCUT2D eigenvalue weighted by atomic mass is 19.4. The summed E-state index contributed by atoms with van der Waals surface area (Å²) in [5.41, 5.74) is -0.336. The molecule has 0 aliphatic carbocycles. The van der Waals surface area contributed by atoms with E-state index in [1.165, 1.54) is 0 Å². The molecule has 8 heteroatoms. The van der Waals surface area contributed by atoms with Gasteiger partial charge in [-0.25, -0.2) is 4.98 Å². The number of hydrogen-bond acceptors (Lipinski definition) is 5.